The minimum Gasteiger partial charge on any atom is -0.479 e. The van der Waals surface area contributed by atoms with E-state index in [0.29, 0.717) is 0 Å². The number of ether oxygens (including phenoxy) is 1. The smallest absolute Gasteiger partial charge is 0.479 e. The Hall–Kier alpha value is -4.51. The minimum absolute atomic E-state index is 0. The summed E-state index contributed by atoms with van der Waals surface area (Å²) in [7, 11) is 0. The Labute approximate surface area is 272 Å². The summed E-state index contributed by atoms with van der Waals surface area (Å²) in [5.41, 5.74) is 14.0. The number of nitrogens with two attached hydrogens (primary N) is 1. The number of hydrogen-bond donors (Lipinski definition) is 1. The molecular weight excluding hydrogens is 727 g/mol. The molecule has 1 radical (unpaired) electrons. The zero-order valence-electron chi connectivity index (χ0n) is 25.8. The van der Waals surface area contributed by atoms with Crippen LogP contribution < -0.4 is 10.5 Å². The molecule has 0 atom stereocenters. The monoisotopic (exact) mass is 765 g/mol. The van der Waals surface area contributed by atoms with Crippen LogP contribution in [0.5, 0.6) is 5.75 Å². The van der Waals surface area contributed by atoms with Crippen LogP contribution in [0.4, 0.5) is 0 Å². The maximum absolute atomic E-state index is 5.30. The number of nitrogens with zero attached hydrogens (tertiary/aromatic N) is 7. The van der Waals surface area contributed by atoms with Crippen LogP contribution in [0.3, 0.4) is 0 Å². The van der Waals surface area contributed by atoms with Gasteiger partial charge in [-0.3, -0.25) is 5.73 Å². The average molecular weight is 764 g/mol. The van der Waals surface area contributed by atoms with Crippen molar-refractivity contribution in [3.8, 4) is 28.6 Å². The molecule has 0 bridgehead atoms. The van der Waals surface area contributed by atoms with Crippen molar-refractivity contribution in [3.63, 3.8) is 0 Å². The van der Waals surface area contributed by atoms with E-state index in [4.69, 9.17) is 10.5 Å². The van der Waals surface area contributed by atoms with E-state index in [9.17, 15) is 0 Å². The maximum atomic E-state index is 5.30. The first-order chi connectivity index (χ1) is 20.8. The van der Waals surface area contributed by atoms with Crippen molar-refractivity contribution in [1.82, 2.24) is 34.5 Å². The summed E-state index contributed by atoms with van der Waals surface area (Å²) >= 11 is 0. The van der Waals surface area contributed by atoms with E-state index in [0.717, 1.165) is 51.4 Å². The molecule has 10 heteroatoms. The minimum atomic E-state index is 0. The van der Waals surface area contributed by atoms with Gasteiger partial charge in [-0.05, 0) is 94.8 Å². The maximum Gasteiger partial charge on any atom is 1.00 e. The largest absolute Gasteiger partial charge is 1.00 e. The third-order valence-corrected chi connectivity index (χ3v) is 7.01. The number of pyridine rings is 3. The molecule has 44 heavy (non-hydrogen) atoms. The topological polar surface area (TPSA) is 110 Å². The van der Waals surface area contributed by atoms with Crippen molar-refractivity contribution >= 4 is 0 Å². The van der Waals surface area contributed by atoms with Gasteiger partial charge in [-0.1, -0.05) is 12.1 Å². The third-order valence-electron chi connectivity index (χ3n) is 7.01. The van der Waals surface area contributed by atoms with Gasteiger partial charge in [0, 0.05) is 30.0 Å². The summed E-state index contributed by atoms with van der Waals surface area (Å²) in [6.07, 6.45) is 5.25. The second-order valence-corrected chi connectivity index (χ2v) is 9.76. The van der Waals surface area contributed by atoms with Gasteiger partial charge in [0.25, 0.3) is 0 Å². The van der Waals surface area contributed by atoms with Gasteiger partial charge in [-0.25, -0.2) is 19.3 Å². The van der Waals surface area contributed by atoms with E-state index >= 15 is 0 Å². The molecule has 0 aliphatic carbocycles. The van der Waals surface area contributed by atoms with Crippen LogP contribution in [0.15, 0.2) is 91.4 Å². The van der Waals surface area contributed by atoms with Crippen molar-refractivity contribution in [2.24, 2.45) is 5.73 Å². The Kier molecular flexibility index (Phi) is 12.6. The van der Waals surface area contributed by atoms with Gasteiger partial charge < -0.3 is 9.72 Å². The van der Waals surface area contributed by atoms with Gasteiger partial charge in [0.1, 0.15) is 12.5 Å². The molecule has 0 spiro atoms. The van der Waals surface area contributed by atoms with E-state index in [2.05, 4.69) is 58.9 Å². The SMILES string of the molecule is Cc1nn(-c2ccccn2)c(C)c1C.Cc1nn(-c2ccccn2)c(C)c1C.NCOc1ccnc(-c2[c-]cccc2)c1.[Os+]. The number of rotatable bonds is 5. The van der Waals surface area contributed by atoms with E-state index in [1.807, 2.05) is 89.9 Å². The van der Waals surface area contributed by atoms with Crippen molar-refractivity contribution in [3.05, 3.63) is 131 Å². The molecule has 6 rings (SSSR count). The number of aromatic nitrogens is 7. The average Bonchev–Trinajstić information content (AvgIpc) is 3.47. The van der Waals surface area contributed by atoms with Crippen LogP contribution in [0.1, 0.15) is 33.9 Å². The molecule has 5 heterocycles. The molecule has 0 aliphatic heterocycles. The summed E-state index contributed by atoms with van der Waals surface area (Å²) in [4.78, 5) is 12.8. The zero-order valence-corrected chi connectivity index (χ0v) is 28.4. The molecular formula is C34H37N8OOs. The number of aryl methyl sites for hydroxylation is 2. The normalized spacial score (nSPS) is 10.1. The molecule has 0 unspecified atom stereocenters. The Balaban J connectivity index is 0.000000178. The molecule has 2 N–H and O–H groups in total. The quantitative estimate of drug-likeness (QED) is 0.164. The van der Waals surface area contributed by atoms with Crippen LogP contribution >= 0.6 is 0 Å². The Bertz CT molecular complexity index is 1650. The Morgan fingerprint density at radius 1 is 0.682 bits per heavy atom. The molecule has 0 saturated heterocycles. The first kappa shape index (κ1) is 34.0. The Morgan fingerprint density at radius 2 is 1.23 bits per heavy atom. The fourth-order valence-electron chi connectivity index (χ4n) is 4.14. The predicted octanol–water partition coefficient (Wildman–Crippen LogP) is 6.23. The molecule has 1 aromatic carbocycles. The van der Waals surface area contributed by atoms with Gasteiger partial charge in [0.15, 0.2) is 11.6 Å². The fourth-order valence-corrected chi connectivity index (χ4v) is 4.14. The van der Waals surface area contributed by atoms with Crippen LogP contribution in [-0.2, 0) is 19.8 Å². The van der Waals surface area contributed by atoms with Gasteiger partial charge >= 0.3 is 19.8 Å². The molecule has 0 aliphatic rings. The molecule has 9 nitrogen and oxygen atoms in total. The second kappa shape index (κ2) is 16.4. The van der Waals surface area contributed by atoms with E-state index < -0.39 is 0 Å². The molecule has 0 amide bonds. The summed E-state index contributed by atoms with van der Waals surface area (Å²) < 4.78 is 8.95. The fraction of sp³-hybridized carbons (Fsp3) is 0.206. The molecule has 5 aromatic heterocycles. The van der Waals surface area contributed by atoms with Crippen molar-refractivity contribution < 1.29 is 24.5 Å². The van der Waals surface area contributed by atoms with Gasteiger partial charge in [-0.15, -0.1) is 35.9 Å². The van der Waals surface area contributed by atoms with E-state index in [1.54, 1.807) is 24.7 Å². The third kappa shape index (κ3) is 8.53. The van der Waals surface area contributed by atoms with Crippen LogP contribution in [0.25, 0.3) is 22.9 Å². The molecule has 0 saturated carbocycles. The number of benzene rings is 1. The molecule has 0 fully saturated rings. The van der Waals surface area contributed by atoms with Crippen LogP contribution in [0.2, 0.25) is 0 Å². The van der Waals surface area contributed by atoms with Gasteiger partial charge in [-0.2, -0.15) is 10.2 Å². The predicted molar refractivity (Wildman–Crippen MR) is 169 cm³/mol. The molecule has 6 aromatic rings. The van der Waals surface area contributed by atoms with Crippen molar-refractivity contribution in [2.75, 3.05) is 6.73 Å². The van der Waals surface area contributed by atoms with Crippen molar-refractivity contribution in [2.45, 2.75) is 41.5 Å². The summed E-state index contributed by atoms with van der Waals surface area (Å²) in [5, 5.41) is 8.87. The van der Waals surface area contributed by atoms with E-state index in [1.165, 1.54) is 11.1 Å². The molecule has 227 valence electrons. The van der Waals surface area contributed by atoms with Crippen molar-refractivity contribution in [1.29, 1.82) is 0 Å². The van der Waals surface area contributed by atoms with Gasteiger partial charge in [0.05, 0.1) is 11.4 Å². The summed E-state index contributed by atoms with van der Waals surface area (Å²) in [6.45, 7) is 12.5. The van der Waals surface area contributed by atoms with E-state index in [-0.39, 0.29) is 26.5 Å². The zero-order chi connectivity index (χ0) is 30.8. The second-order valence-electron chi connectivity index (χ2n) is 9.76. The summed E-state index contributed by atoms with van der Waals surface area (Å²) in [5.74, 6) is 2.47. The summed E-state index contributed by atoms with van der Waals surface area (Å²) in [6, 6.07) is 26.1. The standard InChI is InChI=1S/C12H11N2O.2C11H13N3.Os/c13-9-15-11-6-7-14-12(8-11)10-4-2-1-3-5-10;2*1-8-9(2)13-14(10(8)3)11-6-4-5-7-12-11;/h1-4,6-8H,9,13H2;2*4-7H,1-3H3;/q-1;;;+1. The number of hydrogen-bond acceptors (Lipinski definition) is 7. The van der Waals surface area contributed by atoms with Crippen LogP contribution in [0, 0.1) is 47.6 Å². The van der Waals surface area contributed by atoms with Gasteiger partial charge in [0.2, 0.25) is 0 Å². The first-order valence-electron chi connectivity index (χ1n) is 13.9. The van der Waals surface area contributed by atoms with Crippen LogP contribution in [-0.4, -0.2) is 41.2 Å². The Morgan fingerprint density at radius 3 is 1.64 bits per heavy atom. The first-order valence-corrected chi connectivity index (χ1v) is 13.9.